The van der Waals surface area contributed by atoms with E-state index in [-0.39, 0.29) is 24.0 Å². The van der Waals surface area contributed by atoms with Crippen LogP contribution in [0, 0.1) is 19.3 Å². The van der Waals surface area contributed by atoms with Gasteiger partial charge in [0.1, 0.15) is 0 Å². The number of halogens is 1. The van der Waals surface area contributed by atoms with E-state index in [1.54, 1.807) is 0 Å². The van der Waals surface area contributed by atoms with E-state index in [0.717, 1.165) is 31.9 Å². The van der Waals surface area contributed by atoms with Crippen molar-refractivity contribution in [2.45, 2.75) is 46.5 Å². The van der Waals surface area contributed by atoms with E-state index < -0.39 is 0 Å². The molecule has 0 spiro atoms. The van der Waals surface area contributed by atoms with Crippen molar-refractivity contribution in [3.05, 3.63) is 29.3 Å². The highest BCUT2D eigenvalue weighted by molar-refractivity contribution is 14.0. The molecule has 130 valence electrons. The van der Waals surface area contributed by atoms with E-state index in [1.807, 2.05) is 13.0 Å². The highest BCUT2D eigenvalue weighted by atomic mass is 127. The standard InChI is InChI=1S/C18H29N3O.HI/c1-4-22-11-10-18(8-5-9-18)13-20-17(19)21-16-7-6-14(2)15(3)12-16;/h6-7,12H,4-5,8-11,13H2,1-3H3,(H3,19,20,21);1H. The summed E-state index contributed by atoms with van der Waals surface area (Å²) < 4.78 is 5.50. The average molecular weight is 431 g/mol. The maximum atomic E-state index is 6.04. The van der Waals surface area contributed by atoms with Gasteiger partial charge in [-0.1, -0.05) is 12.5 Å². The van der Waals surface area contributed by atoms with Gasteiger partial charge in [-0.25, -0.2) is 0 Å². The Morgan fingerprint density at radius 2 is 2.04 bits per heavy atom. The Kier molecular flexibility index (Phi) is 8.33. The van der Waals surface area contributed by atoms with Crippen molar-refractivity contribution in [1.29, 1.82) is 0 Å². The predicted octanol–water partition coefficient (Wildman–Crippen LogP) is 4.24. The number of nitrogens with two attached hydrogens (primary N) is 1. The number of hydrogen-bond donors (Lipinski definition) is 2. The molecule has 1 saturated carbocycles. The fourth-order valence-electron chi connectivity index (χ4n) is 2.86. The normalized spacial score (nSPS) is 16.4. The second-order valence-corrected chi connectivity index (χ2v) is 6.43. The number of aliphatic imine (C=N–C) groups is 1. The van der Waals surface area contributed by atoms with Crippen molar-refractivity contribution in [2.75, 3.05) is 25.1 Å². The van der Waals surface area contributed by atoms with Crippen LogP contribution in [0.15, 0.2) is 23.2 Å². The lowest BCUT2D eigenvalue weighted by molar-refractivity contribution is 0.0610. The third kappa shape index (κ3) is 5.95. The molecule has 0 saturated heterocycles. The van der Waals surface area contributed by atoms with E-state index in [4.69, 9.17) is 10.5 Å². The molecule has 4 nitrogen and oxygen atoms in total. The molecule has 3 N–H and O–H groups in total. The van der Waals surface area contributed by atoms with E-state index in [9.17, 15) is 0 Å². The Morgan fingerprint density at radius 1 is 1.30 bits per heavy atom. The number of nitrogens with zero attached hydrogens (tertiary/aromatic N) is 1. The first-order valence-electron chi connectivity index (χ1n) is 8.27. The molecule has 1 aromatic carbocycles. The molecule has 0 atom stereocenters. The van der Waals surface area contributed by atoms with Crippen molar-refractivity contribution in [1.82, 2.24) is 0 Å². The quantitative estimate of drug-likeness (QED) is 0.294. The summed E-state index contributed by atoms with van der Waals surface area (Å²) in [5.74, 6) is 0.505. The van der Waals surface area contributed by atoms with Gasteiger partial charge in [0.25, 0.3) is 0 Å². The molecule has 0 aliphatic heterocycles. The number of rotatable bonds is 7. The Hall–Kier alpha value is -0.820. The topological polar surface area (TPSA) is 59.6 Å². The first-order chi connectivity index (χ1) is 10.5. The van der Waals surface area contributed by atoms with Gasteiger partial charge in [-0.05, 0) is 68.7 Å². The van der Waals surface area contributed by atoms with Gasteiger partial charge in [0.05, 0.1) is 0 Å². The number of ether oxygens (including phenoxy) is 1. The number of anilines is 1. The summed E-state index contributed by atoms with van der Waals surface area (Å²) in [7, 11) is 0. The summed E-state index contributed by atoms with van der Waals surface area (Å²) in [6.45, 7) is 8.66. The van der Waals surface area contributed by atoms with Crippen LogP contribution in [0.1, 0.15) is 43.7 Å². The van der Waals surface area contributed by atoms with Crippen molar-refractivity contribution in [3.8, 4) is 0 Å². The Bertz CT molecular complexity index is 527. The first kappa shape index (κ1) is 20.2. The Labute approximate surface area is 157 Å². The first-order valence-corrected chi connectivity index (χ1v) is 8.27. The maximum absolute atomic E-state index is 6.04. The second kappa shape index (κ2) is 9.47. The number of guanidine groups is 1. The van der Waals surface area contributed by atoms with Crippen molar-refractivity contribution >= 4 is 35.6 Å². The lowest BCUT2D eigenvalue weighted by Gasteiger charge is -2.40. The Morgan fingerprint density at radius 3 is 2.61 bits per heavy atom. The summed E-state index contributed by atoms with van der Waals surface area (Å²) >= 11 is 0. The fourth-order valence-corrected chi connectivity index (χ4v) is 2.86. The minimum Gasteiger partial charge on any atom is -0.382 e. The predicted molar refractivity (Wildman–Crippen MR) is 109 cm³/mol. The zero-order valence-corrected chi connectivity index (χ0v) is 16.9. The van der Waals surface area contributed by atoms with E-state index >= 15 is 0 Å². The molecule has 2 rings (SSSR count). The molecule has 1 aliphatic rings. The average Bonchev–Trinajstić information content (AvgIpc) is 2.45. The lowest BCUT2D eigenvalue weighted by atomic mass is 9.67. The van der Waals surface area contributed by atoms with E-state index in [1.165, 1.54) is 30.4 Å². The van der Waals surface area contributed by atoms with Crippen LogP contribution in [0.5, 0.6) is 0 Å². The summed E-state index contributed by atoms with van der Waals surface area (Å²) in [4.78, 5) is 4.57. The van der Waals surface area contributed by atoms with Crippen LogP contribution in [0.25, 0.3) is 0 Å². The molecule has 5 heteroatoms. The Balaban J connectivity index is 0.00000264. The largest absolute Gasteiger partial charge is 0.382 e. The van der Waals surface area contributed by atoms with Gasteiger partial charge in [0.15, 0.2) is 5.96 Å². The van der Waals surface area contributed by atoms with Gasteiger partial charge in [0, 0.05) is 25.4 Å². The monoisotopic (exact) mass is 431 g/mol. The molecule has 0 bridgehead atoms. The molecule has 1 aromatic rings. The lowest BCUT2D eigenvalue weighted by Crippen LogP contribution is -2.35. The molecule has 0 unspecified atom stereocenters. The van der Waals surface area contributed by atoms with Crippen LogP contribution in [0.4, 0.5) is 5.69 Å². The van der Waals surface area contributed by atoms with Crippen LogP contribution < -0.4 is 11.1 Å². The zero-order valence-electron chi connectivity index (χ0n) is 14.5. The summed E-state index contributed by atoms with van der Waals surface area (Å²) in [6.07, 6.45) is 4.86. The van der Waals surface area contributed by atoms with Crippen LogP contribution >= 0.6 is 24.0 Å². The van der Waals surface area contributed by atoms with Crippen molar-refractivity contribution in [2.24, 2.45) is 16.1 Å². The van der Waals surface area contributed by atoms with E-state index in [0.29, 0.717) is 11.4 Å². The second-order valence-electron chi connectivity index (χ2n) is 6.43. The molecular formula is C18H30IN3O. The molecule has 0 aromatic heterocycles. The molecule has 1 aliphatic carbocycles. The highest BCUT2D eigenvalue weighted by Crippen LogP contribution is 2.44. The van der Waals surface area contributed by atoms with Gasteiger partial charge in [-0.15, -0.1) is 24.0 Å². The number of aryl methyl sites for hydroxylation is 2. The molecule has 23 heavy (non-hydrogen) atoms. The summed E-state index contributed by atoms with van der Waals surface area (Å²) in [5.41, 5.74) is 9.89. The smallest absolute Gasteiger partial charge is 0.193 e. The summed E-state index contributed by atoms with van der Waals surface area (Å²) in [6, 6.07) is 6.24. The molecule has 0 radical (unpaired) electrons. The number of nitrogens with one attached hydrogen (secondary N) is 1. The van der Waals surface area contributed by atoms with Crippen LogP contribution in [0.2, 0.25) is 0 Å². The molecule has 0 amide bonds. The van der Waals surface area contributed by atoms with Gasteiger partial charge >= 0.3 is 0 Å². The van der Waals surface area contributed by atoms with Gasteiger partial charge in [-0.2, -0.15) is 0 Å². The number of benzene rings is 1. The van der Waals surface area contributed by atoms with Crippen molar-refractivity contribution < 1.29 is 4.74 Å². The highest BCUT2D eigenvalue weighted by Gasteiger charge is 2.36. The van der Waals surface area contributed by atoms with Crippen molar-refractivity contribution in [3.63, 3.8) is 0 Å². The molecule has 1 fully saturated rings. The van der Waals surface area contributed by atoms with Crippen LogP contribution in [-0.4, -0.2) is 25.7 Å². The third-order valence-corrected chi connectivity index (χ3v) is 4.76. The van der Waals surface area contributed by atoms with E-state index in [2.05, 4.69) is 36.3 Å². The van der Waals surface area contributed by atoms with Gasteiger partial charge < -0.3 is 15.8 Å². The zero-order chi connectivity index (χ0) is 16.0. The van der Waals surface area contributed by atoms with Crippen LogP contribution in [0.3, 0.4) is 0 Å². The van der Waals surface area contributed by atoms with Gasteiger partial charge in [-0.3, -0.25) is 4.99 Å². The third-order valence-electron chi connectivity index (χ3n) is 4.76. The molecule has 0 heterocycles. The number of hydrogen-bond acceptors (Lipinski definition) is 2. The maximum Gasteiger partial charge on any atom is 0.193 e. The minimum atomic E-state index is 0. The summed E-state index contributed by atoms with van der Waals surface area (Å²) in [5, 5.41) is 3.19. The minimum absolute atomic E-state index is 0. The van der Waals surface area contributed by atoms with Crippen LogP contribution in [-0.2, 0) is 4.74 Å². The molecular weight excluding hydrogens is 401 g/mol. The fraction of sp³-hybridized carbons (Fsp3) is 0.611. The SMILES string of the molecule is CCOCCC1(CN=C(N)Nc2ccc(C)c(C)c2)CCC1.I. The van der Waals surface area contributed by atoms with Gasteiger partial charge in [0.2, 0.25) is 0 Å².